The zero-order valence-corrected chi connectivity index (χ0v) is 20.9. The minimum absolute atomic E-state index is 0.806. The average molecular weight is 592 g/mol. The Morgan fingerprint density at radius 1 is 0.925 bits per heavy atom. The van der Waals surface area contributed by atoms with Crippen molar-refractivity contribution >= 4 is 5.97 Å². The summed E-state index contributed by atoms with van der Waals surface area (Å²) in [6.07, 6.45) is -26.2. The molecule has 0 aliphatic carbocycles. The van der Waals surface area contributed by atoms with Gasteiger partial charge >= 0.3 is 5.97 Å². The highest BCUT2D eigenvalue weighted by atomic mass is 16.8. The molecule has 0 aromatic carbocycles. The van der Waals surface area contributed by atoms with Crippen molar-refractivity contribution in [2.24, 2.45) is 5.73 Å². The molecule has 19 heteroatoms. The van der Waals surface area contributed by atoms with E-state index in [1.807, 2.05) is 0 Å². The van der Waals surface area contributed by atoms with Crippen LogP contribution < -0.4 is 5.73 Å². The second-order valence-corrected chi connectivity index (χ2v) is 9.89. The van der Waals surface area contributed by atoms with Crippen LogP contribution >= 0.6 is 0 Å². The first-order valence-electron chi connectivity index (χ1n) is 12.3. The van der Waals surface area contributed by atoms with E-state index >= 15 is 0 Å². The Morgan fingerprint density at radius 3 is 2.15 bits per heavy atom. The molecule has 0 amide bonds. The Hall–Kier alpha value is -1.21. The number of aliphatic hydroxyl groups is 11. The molecule has 3 aliphatic heterocycles. The highest BCUT2D eigenvalue weighted by Crippen LogP contribution is 2.34. The number of aliphatic carboxylic acids is 1. The molecule has 3 rings (SSSR count). The predicted molar refractivity (Wildman–Crippen MR) is 120 cm³/mol. The van der Waals surface area contributed by atoms with Crippen LogP contribution in [0.2, 0.25) is 0 Å². The van der Waals surface area contributed by atoms with Gasteiger partial charge in [0.25, 0.3) is 5.79 Å². The van der Waals surface area contributed by atoms with E-state index in [0.717, 1.165) is 0 Å². The summed E-state index contributed by atoms with van der Waals surface area (Å²) in [6, 6.07) is -1.42. The topological polar surface area (TPSA) is 332 Å². The summed E-state index contributed by atoms with van der Waals surface area (Å²) >= 11 is 0. The van der Waals surface area contributed by atoms with Gasteiger partial charge < -0.3 is 90.7 Å². The number of aliphatic hydroxyl groups excluding tert-OH is 11. The van der Waals surface area contributed by atoms with Crippen molar-refractivity contribution < 1.29 is 89.8 Å². The quantitative estimate of drug-likeness (QED) is 0.112. The summed E-state index contributed by atoms with van der Waals surface area (Å²) in [5.74, 6) is -4.57. The number of hydrogen-bond donors (Lipinski definition) is 13. The van der Waals surface area contributed by atoms with Crippen molar-refractivity contribution in [2.45, 2.75) is 104 Å². The molecule has 234 valence electrons. The van der Waals surface area contributed by atoms with Crippen LogP contribution in [-0.4, -0.2) is 185 Å². The lowest BCUT2D eigenvalue weighted by atomic mass is 9.89. The first kappa shape index (κ1) is 33.3. The maximum atomic E-state index is 12.2. The Kier molecular flexibility index (Phi) is 11.2. The van der Waals surface area contributed by atoms with Crippen molar-refractivity contribution in [3.63, 3.8) is 0 Å². The maximum absolute atomic E-state index is 12.2. The number of carboxylic acids is 1. The van der Waals surface area contributed by atoms with Gasteiger partial charge in [-0.3, -0.25) is 0 Å². The van der Waals surface area contributed by atoms with Crippen molar-refractivity contribution in [1.29, 1.82) is 0 Å². The van der Waals surface area contributed by atoms with Gasteiger partial charge in [-0.05, 0) is 0 Å². The first-order chi connectivity index (χ1) is 18.7. The molecule has 0 unspecified atom stereocenters. The van der Waals surface area contributed by atoms with Crippen LogP contribution in [0.25, 0.3) is 0 Å². The van der Waals surface area contributed by atoms with E-state index in [1.54, 1.807) is 0 Å². The molecule has 0 aromatic heterocycles. The van der Waals surface area contributed by atoms with Crippen molar-refractivity contribution in [1.82, 2.24) is 0 Å². The Morgan fingerprint density at radius 2 is 1.57 bits per heavy atom. The van der Waals surface area contributed by atoms with Gasteiger partial charge in [0.1, 0.15) is 67.1 Å². The molecular formula is C21H37NO18. The maximum Gasteiger partial charge on any atom is 0.364 e. The van der Waals surface area contributed by atoms with Crippen molar-refractivity contribution in [3.8, 4) is 0 Å². The number of nitrogens with two attached hydrogens (primary N) is 1. The smallest absolute Gasteiger partial charge is 0.364 e. The van der Waals surface area contributed by atoms with Gasteiger partial charge in [0.15, 0.2) is 12.6 Å². The minimum Gasteiger partial charge on any atom is -0.477 e. The fraction of sp³-hybridized carbons (Fsp3) is 0.952. The number of hydrogen-bond acceptors (Lipinski definition) is 18. The third kappa shape index (κ3) is 6.55. The van der Waals surface area contributed by atoms with Gasteiger partial charge in [0, 0.05) is 6.42 Å². The Bertz CT molecular complexity index is 837. The summed E-state index contributed by atoms with van der Waals surface area (Å²) < 4.78 is 26.5. The molecule has 19 nitrogen and oxygen atoms in total. The van der Waals surface area contributed by atoms with E-state index in [2.05, 4.69) is 0 Å². The molecule has 0 saturated carbocycles. The third-order valence-electron chi connectivity index (χ3n) is 7.15. The fourth-order valence-corrected chi connectivity index (χ4v) is 4.67. The number of ether oxygens (including phenoxy) is 5. The van der Waals surface area contributed by atoms with Crippen LogP contribution in [0.1, 0.15) is 6.42 Å². The third-order valence-corrected chi connectivity index (χ3v) is 7.15. The summed E-state index contributed by atoms with van der Waals surface area (Å²) in [5.41, 5.74) is 5.79. The number of rotatable bonds is 10. The zero-order chi connectivity index (χ0) is 30.1. The van der Waals surface area contributed by atoms with Crippen LogP contribution in [0, 0.1) is 0 Å². The van der Waals surface area contributed by atoms with Crippen LogP contribution in [0.15, 0.2) is 0 Å². The Labute approximate surface area is 226 Å². The van der Waals surface area contributed by atoms with Gasteiger partial charge in [-0.1, -0.05) is 0 Å². The normalized spacial score (nSPS) is 48.0. The van der Waals surface area contributed by atoms with E-state index < -0.39 is 130 Å². The van der Waals surface area contributed by atoms with Gasteiger partial charge in [-0.2, -0.15) is 0 Å². The fourth-order valence-electron chi connectivity index (χ4n) is 4.67. The van der Waals surface area contributed by atoms with E-state index in [-0.39, 0.29) is 0 Å². The lowest BCUT2D eigenvalue weighted by Crippen LogP contribution is -2.67. The summed E-state index contributed by atoms with van der Waals surface area (Å²) in [7, 11) is 0. The monoisotopic (exact) mass is 591 g/mol. The highest BCUT2D eigenvalue weighted by Gasteiger charge is 2.56. The van der Waals surface area contributed by atoms with Gasteiger partial charge in [0.05, 0.1) is 32.0 Å². The average Bonchev–Trinajstić information content (AvgIpc) is 2.93. The lowest BCUT2D eigenvalue weighted by molar-refractivity contribution is -0.364. The molecule has 0 bridgehead atoms. The molecule has 16 atom stereocenters. The summed E-state index contributed by atoms with van der Waals surface area (Å²) in [5, 5.41) is 120. The van der Waals surface area contributed by atoms with Gasteiger partial charge in [0.2, 0.25) is 0 Å². The van der Waals surface area contributed by atoms with Crippen molar-refractivity contribution in [2.75, 3.05) is 19.8 Å². The van der Waals surface area contributed by atoms with E-state index in [0.29, 0.717) is 0 Å². The molecule has 3 fully saturated rings. The second-order valence-electron chi connectivity index (χ2n) is 9.89. The largest absolute Gasteiger partial charge is 0.477 e. The zero-order valence-electron chi connectivity index (χ0n) is 20.9. The highest BCUT2D eigenvalue weighted by molar-refractivity contribution is 5.76. The molecule has 0 aromatic rings. The molecule has 40 heavy (non-hydrogen) atoms. The van der Waals surface area contributed by atoms with Crippen molar-refractivity contribution in [3.05, 3.63) is 0 Å². The molecular weight excluding hydrogens is 554 g/mol. The SMILES string of the molecule is N[C@H]1[C@H]([C@H](O)[C@H](O)CO)O[C@@](OC[C@H]2O[C@@H](O[C@H]3[C@H](O)[C@@H](O)[C@H](O)O[C@@H]3CO)[C@H](O)[C@@H](O)[C@H]2O)(C(=O)O)C[C@@H]1O. The molecule has 0 radical (unpaired) electrons. The second kappa shape index (κ2) is 13.4. The minimum atomic E-state index is -2.74. The molecule has 0 spiro atoms. The molecule has 3 saturated heterocycles. The van der Waals surface area contributed by atoms with Crippen LogP contribution in [0.5, 0.6) is 0 Å². The lowest BCUT2D eigenvalue weighted by Gasteiger charge is -2.47. The van der Waals surface area contributed by atoms with Crippen LogP contribution in [-0.2, 0) is 28.5 Å². The van der Waals surface area contributed by atoms with Crippen LogP contribution in [0.4, 0.5) is 0 Å². The molecule has 3 aliphatic rings. The summed E-state index contributed by atoms with van der Waals surface area (Å²) in [6.45, 7) is -2.70. The van der Waals surface area contributed by atoms with E-state index in [4.69, 9.17) is 34.5 Å². The van der Waals surface area contributed by atoms with E-state index in [9.17, 15) is 61.0 Å². The molecule has 14 N–H and O–H groups in total. The predicted octanol–water partition coefficient (Wildman–Crippen LogP) is -8.40. The summed E-state index contributed by atoms with van der Waals surface area (Å²) in [4.78, 5) is 12.2. The molecule has 3 heterocycles. The van der Waals surface area contributed by atoms with Gasteiger partial charge in [-0.15, -0.1) is 0 Å². The standard InChI is InChI=1S/C21H37NO18/c22-9-5(25)1-21(20(34)35,40-17(9)10(27)6(26)2-23)36-4-8-11(28)12(29)15(32)19(38-8)39-16-7(3-24)37-18(33)14(31)13(16)30/h5-19,23-33H,1-4,22H2,(H,34,35)/t5-,6+,7+,8+,9+,10+,11-,12-,13+,14+,15+,16+,17+,18+,19-,21+/m0/s1. The number of carbonyl (C=O) groups is 1. The van der Waals surface area contributed by atoms with Crippen LogP contribution in [0.3, 0.4) is 0 Å². The van der Waals surface area contributed by atoms with E-state index in [1.165, 1.54) is 0 Å². The first-order valence-corrected chi connectivity index (χ1v) is 12.3. The Balaban J connectivity index is 1.77. The number of carboxylic acid groups (broad SMARTS) is 1. The van der Waals surface area contributed by atoms with Gasteiger partial charge in [-0.25, -0.2) is 4.79 Å².